The molecule has 0 saturated carbocycles. The van der Waals surface area contributed by atoms with E-state index in [0.29, 0.717) is 0 Å². The predicted molar refractivity (Wildman–Crippen MR) is 78.5 cm³/mol. The minimum absolute atomic E-state index is 0.784. The van der Waals surface area contributed by atoms with Crippen molar-refractivity contribution < 1.29 is 0 Å². The fourth-order valence-corrected chi connectivity index (χ4v) is 3.28. The van der Waals surface area contributed by atoms with Gasteiger partial charge in [0.25, 0.3) is 0 Å². The number of nitrogens with zero attached hydrogens (tertiary/aromatic N) is 2. The van der Waals surface area contributed by atoms with Crippen LogP contribution in [0.4, 0.5) is 0 Å². The molecule has 0 spiro atoms. The van der Waals surface area contributed by atoms with Crippen molar-refractivity contribution in [3.05, 3.63) is 59.5 Å². The second-order valence-corrected chi connectivity index (χ2v) is 5.56. The summed E-state index contributed by atoms with van der Waals surface area (Å²) in [6.45, 7) is 0. The summed E-state index contributed by atoms with van der Waals surface area (Å²) < 4.78 is 0.784. The molecule has 3 rings (SSSR count). The summed E-state index contributed by atoms with van der Waals surface area (Å²) >= 11 is 5.15. The zero-order valence-corrected chi connectivity index (χ0v) is 11.8. The first-order valence-electron chi connectivity index (χ1n) is 5.47. The summed E-state index contributed by atoms with van der Waals surface area (Å²) in [7, 11) is 0. The lowest BCUT2D eigenvalue weighted by molar-refractivity contribution is 1.18. The van der Waals surface area contributed by atoms with Crippen LogP contribution in [0.2, 0.25) is 0 Å². The number of halogens is 1. The maximum atomic E-state index is 4.36. The number of rotatable bonds is 2. The average molecular weight is 317 g/mol. The van der Waals surface area contributed by atoms with Crippen molar-refractivity contribution in [2.24, 2.45) is 0 Å². The van der Waals surface area contributed by atoms with Crippen molar-refractivity contribution in [3.8, 4) is 21.0 Å². The van der Waals surface area contributed by atoms with Gasteiger partial charge in [0.2, 0.25) is 0 Å². The van der Waals surface area contributed by atoms with E-state index in [2.05, 4.69) is 50.2 Å². The summed E-state index contributed by atoms with van der Waals surface area (Å²) in [5, 5.41) is 0. The first-order valence-corrected chi connectivity index (χ1v) is 7.08. The topological polar surface area (TPSA) is 25.8 Å². The SMILES string of the molecule is Brc1nccnc1-c1ccc(-c2ccccc2)s1. The first-order chi connectivity index (χ1) is 8.84. The van der Waals surface area contributed by atoms with Crippen molar-refractivity contribution in [1.29, 1.82) is 0 Å². The molecule has 0 saturated heterocycles. The zero-order valence-electron chi connectivity index (χ0n) is 9.38. The molecule has 0 aliphatic carbocycles. The Morgan fingerprint density at radius 1 is 0.833 bits per heavy atom. The van der Waals surface area contributed by atoms with Gasteiger partial charge >= 0.3 is 0 Å². The highest BCUT2D eigenvalue weighted by Crippen LogP contribution is 2.35. The van der Waals surface area contributed by atoms with Gasteiger partial charge in [0.15, 0.2) is 0 Å². The number of thiophene rings is 1. The van der Waals surface area contributed by atoms with Crippen LogP contribution in [0.15, 0.2) is 59.5 Å². The third kappa shape index (κ3) is 2.21. The van der Waals surface area contributed by atoms with E-state index in [-0.39, 0.29) is 0 Å². The first kappa shape index (κ1) is 11.6. The largest absolute Gasteiger partial charge is 0.251 e. The van der Waals surface area contributed by atoms with Crippen molar-refractivity contribution in [1.82, 2.24) is 9.97 Å². The predicted octanol–water partition coefficient (Wildman–Crippen LogP) is 4.63. The Balaban J connectivity index is 2.03. The standard InChI is InChI=1S/C14H9BrN2S/c15-14-13(16-8-9-17-14)12-7-6-11(18-12)10-4-2-1-3-5-10/h1-9H. The molecule has 2 heterocycles. The van der Waals surface area contributed by atoms with Gasteiger partial charge in [0.1, 0.15) is 10.3 Å². The van der Waals surface area contributed by atoms with Crippen LogP contribution in [0.25, 0.3) is 21.0 Å². The molecule has 1 aromatic carbocycles. The molecule has 3 aromatic rings. The molecule has 4 heteroatoms. The Labute approximate surface area is 117 Å². The van der Waals surface area contributed by atoms with E-state index in [4.69, 9.17) is 0 Å². The van der Waals surface area contributed by atoms with Crippen molar-refractivity contribution in [3.63, 3.8) is 0 Å². The van der Waals surface area contributed by atoms with Crippen LogP contribution in [-0.4, -0.2) is 9.97 Å². The molecular weight excluding hydrogens is 308 g/mol. The number of aromatic nitrogens is 2. The molecule has 0 fully saturated rings. The summed E-state index contributed by atoms with van der Waals surface area (Å²) in [4.78, 5) is 10.9. The molecule has 88 valence electrons. The molecule has 2 aromatic heterocycles. The van der Waals surface area contributed by atoms with Gasteiger partial charge in [0.05, 0.1) is 4.88 Å². The second-order valence-electron chi connectivity index (χ2n) is 3.73. The molecule has 0 aliphatic heterocycles. The minimum atomic E-state index is 0.784. The average Bonchev–Trinajstić information content (AvgIpc) is 2.90. The minimum Gasteiger partial charge on any atom is -0.251 e. The van der Waals surface area contributed by atoms with Crippen LogP contribution in [0, 0.1) is 0 Å². The van der Waals surface area contributed by atoms with Gasteiger partial charge in [-0.3, -0.25) is 4.98 Å². The van der Waals surface area contributed by atoms with E-state index in [0.717, 1.165) is 15.2 Å². The van der Waals surface area contributed by atoms with Crippen molar-refractivity contribution in [2.75, 3.05) is 0 Å². The monoisotopic (exact) mass is 316 g/mol. The number of benzene rings is 1. The third-order valence-corrected chi connectivity index (χ3v) is 4.27. The van der Waals surface area contributed by atoms with Gasteiger partial charge < -0.3 is 0 Å². The molecule has 2 nitrogen and oxygen atoms in total. The lowest BCUT2D eigenvalue weighted by Crippen LogP contribution is -1.83. The van der Waals surface area contributed by atoms with Crippen LogP contribution in [0.3, 0.4) is 0 Å². The quantitative estimate of drug-likeness (QED) is 0.688. The fourth-order valence-electron chi connectivity index (χ4n) is 1.71. The summed E-state index contributed by atoms with van der Waals surface area (Å²) in [5.41, 5.74) is 2.12. The van der Waals surface area contributed by atoms with Gasteiger partial charge in [-0.05, 0) is 33.6 Å². The molecule has 0 aliphatic rings. The van der Waals surface area contributed by atoms with Crippen molar-refractivity contribution in [2.45, 2.75) is 0 Å². The molecule has 0 N–H and O–H groups in total. The Hall–Kier alpha value is -1.52. The highest BCUT2D eigenvalue weighted by Gasteiger charge is 2.09. The van der Waals surface area contributed by atoms with Crippen LogP contribution in [-0.2, 0) is 0 Å². The van der Waals surface area contributed by atoms with E-state index in [1.165, 1.54) is 10.4 Å². The molecule has 0 radical (unpaired) electrons. The van der Waals surface area contributed by atoms with Gasteiger partial charge in [-0.2, -0.15) is 0 Å². The van der Waals surface area contributed by atoms with Crippen LogP contribution in [0.5, 0.6) is 0 Å². The molecular formula is C14H9BrN2S. The third-order valence-electron chi connectivity index (χ3n) is 2.55. The smallest absolute Gasteiger partial charge is 0.133 e. The van der Waals surface area contributed by atoms with Crippen LogP contribution in [0.1, 0.15) is 0 Å². The molecule has 0 amide bonds. The molecule has 0 atom stereocenters. The van der Waals surface area contributed by atoms with E-state index in [9.17, 15) is 0 Å². The van der Waals surface area contributed by atoms with Crippen molar-refractivity contribution >= 4 is 27.3 Å². The number of hydrogen-bond acceptors (Lipinski definition) is 3. The molecule has 0 bridgehead atoms. The summed E-state index contributed by atoms with van der Waals surface area (Å²) in [5.74, 6) is 0. The Morgan fingerprint density at radius 2 is 1.56 bits per heavy atom. The lowest BCUT2D eigenvalue weighted by atomic mass is 10.2. The van der Waals surface area contributed by atoms with Gasteiger partial charge in [-0.1, -0.05) is 30.3 Å². The normalized spacial score (nSPS) is 10.5. The highest BCUT2D eigenvalue weighted by atomic mass is 79.9. The van der Waals surface area contributed by atoms with Crippen LogP contribution >= 0.6 is 27.3 Å². The summed E-state index contributed by atoms with van der Waals surface area (Å²) in [6, 6.07) is 14.6. The second kappa shape index (κ2) is 5.00. The molecule has 0 unspecified atom stereocenters. The van der Waals surface area contributed by atoms with Gasteiger partial charge in [0, 0.05) is 17.3 Å². The van der Waals surface area contributed by atoms with E-state index in [1.807, 2.05) is 18.2 Å². The maximum absolute atomic E-state index is 4.36. The fraction of sp³-hybridized carbons (Fsp3) is 0. The van der Waals surface area contributed by atoms with Gasteiger partial charge in [-0.25, -0.2) is 4.98 Å². The highest BCUT2D eigenvalue weighted by molar-refractivity contribution is 9.10. The lowest BCUT2D eigenvalue weighted by Gasteiger charge is -1.98. The zero-order chi connectivity index (χ0) is 12.4. The number of hydrogen-bond donors (Lipinski definition) is 0. The van der Waals surface area contributed by atoms with E-state index >= 15 is 0 Å². The Kier molecular flexibility index (Phi) is 3.21. The Morgan fingerprint density at radius 3 is 2.33 bits per heavy atom. The molecule has 18 heavy (non-hydrogen) atoms. The van der Waals surface area contributed by atoms with Gasteiger partial charge in [-0.15, -0.1) is 11.3 Å². The Bertz CT molecular complexity index is 664. The van der Waals surface area contributed by atoms with Crippen LogP contribution < -0.4 is 0 Å². The van der Waals surface area contributed by atoms with E-state index in [1.54, 1.807) is 23.7 Å². The maximum Gasteiger partial charge on any atom is 0.133 e. The summed E-state index contributed by atoms with van der Waals surface area (Å²) in [6.07, 6.45) is 3.39. The van der Waals surface area contributed by atoms with E-state index < -0.39 is 0 Å².